The summed E-state index contributed by atoms with van der Waals surface area (Å²) in [5.74, 6) is 1.24. The first-order valence-electron chi connectivity index (χ1n) is 12.8. The molecule has 0 saturated carbocycles. The molecule has 0 aliphatic carbocycles. The molecule has 0 spiro atoms. The largest absolute Gasteiger partial charge is 0.497 e. The zero-order chi connectivity index (χ0) is 26.8. The van der Waals surface area contributed by atoms with Crippen LogP contribution in [0.1, 0.15) is 23.6 Å². The van der Waals surface area contributed by atoms with Crippen LogP contribution in [0.25, 0.3) is 11.7 Å². The van der Waals surface area contributed by atoms with E-state index in [9.17, 15) is 9.59 Å². The van der Waals surface area contributed by atoms with Gasteiger partial charge in [-0.3, -0.25) is 18.9 Å². The molecule has 0 atom stereocenters. The highest BCUT2D eigenvalue weighted by Gasteiger charge is 2.33. The predicted molar refractivity (Wildman–Crippen MR) is 157 cm³/mol. The Hall–Kier alpha value is -3.21. The normalized spacial score (nSPS) is 17.7. The van der Waals surface area contributed by atoms with Crippen molar-refractivity contribution in [2.75, 3.05) is 51.3 Å². The van der Waals surface area contributed by atoms with Gasteiger partial charge in [0, 0.05) is 38.9 Å². The second-order valence-electron chi connectivity index (χ2n) is 9.39. The van der Waals surface area contributed by atoms with E-state index in [2.05, 4.69) is 16.7 Å². The summed E-state index contributed by atoms with van der Waals surface area (Å²) in [5, 5.41) is 0. The van der Waals surface area contributed by atoms with Crippen molar-refractivity contribution in [3.8, 4) is 5.75 Å². The molecular formula is C28H31N5O3S2. The number of hydrogen-bond acceptors (Lipinski definition) is 8. The van der Waals surface area contributed by atoms with Gasteiger partial charge in [-0.2, -0.15) is 0 Å². The van der Waals surface area contributed by atoms with Crippen LogP contribution in [-0.2, 0) is 11.2 Å². The molecule has 198 valence electrons. The molecule has 8 nitrogen and oxygen atoms in total. The van der Waals surface area contributed by atoms with Crippen LogP contribution in [0.3, 0.4) is 0 Å². The number of aryl methyl sites for hydroxylation is 1. The second kappa shape index (κ2) is 11.3. The summed E-state index contributed by atoms with van der Waals surface area (Å²) in [7, 11) is 1.63. The Morgan fingerprint density at radius 1 is 1.11 bits per heavy atom. The fraction of sp³-hybridized carbons (Fsp3) is 0.357. The molecule has 0 N–H and O–H groups in total. The number of thiocarbonyl (C=S) groups is 1. The fourth-order valence-electron chi connectivity index (χ4n) is 4.80. The van der Waals surface area contributed by atoms with Crippen LogP contribution >= 0.6 is 24.0 Å². The van der Waals surface area contributed by atoms with E-state index >= 15 is 0 Å². The van der Waals surface area contributed by atoms with Gasteiger partial charge in [-0.05, 0) is 55.3 Å². The van der Waals surface area contributed by atoms with Crippen molar-refractivity contribution in [3.05, 3.63) is 74.5 Å². The quantitative estimate of drug-likeness (QED) is 0.327. The lowest BCUT2D eigenvalue weighted by molar-refractivity contribution is -0.122. The third-order valence-electron chi connectivity index (χ3n) is 7.12. The molecule has 0 bridgehead atoms. The number of benzene rings is 1. The van der Waals surface area contributed by atoms with Gasteiger partial charge < -0.3 is 14.5 Å². The number of anilines is 1. The molecule has 38 heavy (non-hydrogen) atoms. The monoisotopic (exact) mass is 549 g/mol. The molecule has 2 fully saturated rings. The van der Waals surface area contributed by atoms with E-state index in [1.165, 1.54) is 11.8 Å². The third kappa shape index (κ3) is 5.21. The van der Waals surface area contributed by atoms with Crippen LogP contribution in [0, 0.1) is 6.92 Å². The molecular weight excluding hydrogens is 518 g/mol. The van der Waals surface area contributed by atoms with Crippen molar-refractivity contribution in [2.45, 2.75) is 20.3 Å². The van der Waals surface area contributed by atoms with E-state index in [4.69, 9.17) is 21.9 Å². The van der Waals surface area contributed by atoms with E-state index in [1.807, 2.05) is 43.3 Å². The van der Waals surface area contributed by atoms with Crippen LogP contribution in [0.2, 0.25) is 0 Å². The van der Waals surface area contributed by atoms with E-state index in [1.54, 1.807) is 28.7 Å². The van der Waals surface area contributed by atoms with Gasteiger partial charge >= 0.3 is 0 Å². The summed E-state index contributed by atoms with van der Waals surface area (Å²) in [6.07, 6.45) is 4.09. The lowest BCUT2D eigenvalue weighted by Gasteiger charge is -2.35. The Kier molecular flexibility index (Phi) is 7.83. The van der Waals surface area contributed by atoms with Gasteiger partial charge in [-0.15, -0.1) is 0 Å². The maximum Gasteiger partial charge on any atom is 0.267 e. The average Bonchev–Trinajstić information content (AvgIpc) is 3.21. The highest BCUT2D eigenvalue weighted by atomic mass is 32.2. The molecule has 10 heteroatoms. The van der Waals surface area contributed by atoms with Crippen molar-refractivity contribution in [1.82, 2.24) is 19.2 Å². The number of ether oxygens (including phenoxy) is 1. The minimum atomic E-state index is -0.185. The molecule has 5 rings (SSSR count). The molecule has 1 amide bonds. The average molecular weight is 550 g/mol. The van der Waals surface area contributed by atoms with Gasteiger partial charge in [0.15, 0.2) is 0 Å². The second-order valence-corrected chi connectivity index (χ2v) is 11.1. The van der Waals surface area contributed by atoms with Crippen molar-refractivity contribution in [2.24, 2.45) is 0 Å². The zero-order valence-corrected chi connectivity index (χ0v) is 23.5. The number of piperazine rings is 1. The summed E-state index contributed by atoms with van der Waals surface area (Å²) < 4.78 is 7.29. The Bertz CT molecular complexity index is 1460. The van der Waals surface area contributed by atoms with Crippen LogP contribution in [-0.4, -0.2) is 75.8 Å². The first-order valence-corrected chi connectivity index (χ1v) is 14.0. The van der Waals surface area contributed by atoms with Crippen LogP contribution in [0.4, 0.5) is 5.82 Å². The van der Waals surface area contributed by atoms with Gasteiger partial charge in [0.05, 0.1) is 17.6 Å². The number of hydrogen-bond donors (Lipinski definition) is 0. The summed E-state index contributed by atoms with van der Waals surface area (Å²) in [4.78, 5) is 38.7. The molecule has 2 aliphatic rings. The molecule has 0 radical (unpaired) electrons. The summed E-state index contributed by atoms with van der Waals surface area (Å²) in [6, 6.07) is 11.6. The smallest absolute Gasteiger partial charge is 0.267 e. The number of amides is 1. The van der Waals surface area contributed by atoms with Gasteiger partial charge in [0.25, 0.3) is 11.5 Å². The van der Waals surface area contributed by atoms with Gasteiger partial charge in [0.2, 0.25) is 0 Å². The molecule has 1 aromatic carbocycles. The van der Waals surface area contributed by atoms with Gasteiger partial charge in [-0.25, -0.2) is 4.98 Å². The van der Waals surface area contributed by atoms with Crippen LogP contribution < -0.4 is 15.2 Å². The third-order valence-corrected chi connectivity index (χ3v) is 8.49. The number of rotatable bonds is 7. The summed E-state index contributed by atoms with van der Waals surface area (Å²) in [5.41, 5.74) is 2.89. The van der Waals surface area contributed by atoms with Gasteiger partial charge in [-0.1, -0.05) is 49.1 Å². The molecule has 2 aliphatic heterocycles. The number of carbonyl (C=O) groups excluding carboxylic acids is 1. The first kappa shape index (κ1) is 26.4. The van der Waals surface area contributed by atoms with Crippen LogP contribution in [0.5, 0.6) is 5.75 Å². The minimum Gasteiger partial charge on any atom is -0.497 e. The Morgan fingerprint density at radius 3 is 2.53 bits per heavy atom. The maximum atomic E-state index is 13.7. The van der Waals surface area contributed by atoms with E-state index in [-0.39, 0.29) is 11.5 Å². The van der Waals surface area contributed by atoms with E-state index in [0.717, 1.165) is 49.6 Å². The standard InChI is InChI=1S/C28H31N5O3S2/c1-4-30-14-16-31(17-15-30)25-22(26(34)32-12-5-6-19(2)24(32)29-25)18-23-27(35)33(28(37)38-23)13-11-20-7-9-21(36-3)10-8-20/h5-10,12,18H,4,11,13-17H2,1-3H3. The van der Waals surface area contributed by atoms with Crippen LogP contribution in [0.15, 0.2) is 52.3 Å². The molecule has 3 aromatic rings. The Labute approximate surface area is 231 Å². The van der Waals surface area contributed by atoms with Gasteiger partial charge in [0.1, 0.15) is 21.5 Å². The summed E-state index contributed by atoms with van der Waals surface area (Å²) >= 11 is 6.81. The maximum absolute atomic E-state index is 13.7. The molecule has 4 heterocycles. The van der Waals surface area contributed by atoms with Crippen molar-refractivity contribution >= 4 is 51.7 Å². The van der Waals surface area contributed by atoms with Crippen molar-refractivity contribution in [3.63, 3.8) is 0 Å². The lowest BCUT2D eigenvalue weighted by Crippen LogP contribution is -2.47. The highest BCUT2D eigenvalue weighted by Crippen LogP contribution is 2.34. The number of fused-ring (bicyclic) bond motifs is 1. The van der Waals surface area contributed by atoms with E-state index in [0.29, 0.717) is 39.2 Å². The number of methoxy groups -OCH3 is 1. The Morgan fingerprint density at radius 2 is 1.84 bits per heavy atom. The highest BCUT2D eigenvalue weighted by molar-refractivity contribution is 8.26. The number of pyridine rings is 1. The van der Waals surface area contributed by atoms with Crippen molar-refractivity contribution < 1.29 is 9.53 Å². The minimum absolute atomic E-state index is 0.177. The fourth-order valence-corrected chi connectivity index (χ4v) is 6.09. The predicted octanol–water partition coefficient (Wildman–Crippen LogP) is 3.60. The topological polar surface area (TPSA) is 70.4 Å². The first-order chi connectivity index (χ1) is 18.4. The molecule has 0 unspecified atom stereocenters. The molecule has 2 saturated heterocycles. The SMILES string of the molecule is CCN1CCN(c2nc3c(C)cccn3c(=O)c2C=C2SC(=S)N(CCc3ccc(OC)cc3)C2=O)CC1. The number of carbonyl (C=O) groups is 1. The molecule has 2 aromatic heterocycles. The number of likely N-dealkylation sites (N-methyl/N-ethyl adjacent to an activating group) is 1. The lowest BCUT2D eigenvalue weighted by atomic mass is 10.1. The number of thioether (sulfide) groups is 1. The Balaban J connectivity index is 1.46. The zero-order valence-electron chi connectivity index (χ0n) is 21.8. The van der Waals surface area contributed by atoms with Crippen molar-refractivity contribution in [1.29, 1.82) is 0 Å². The van der Waals surface area contributed by atoms with E-state index < -0.39 is 0 Å². The summed E-state index contributed by atoms with van der Waals surface area (Å²) in [6.45, 7) is 8.91. The number of nitrogens with zero attached hydrogens (tertiary/aromatic N) is 5. The number of aromatic nitrogens is 2.